The molecule has 31 heavy (non-hydrogen) atoms. The highest BCUT2D eigenvalue weighted by molar-refractivity contribution is 6.03. The van der Waals surface area contributed by atoms with Crippen LogP contribution in [0.2, 0.25) is 0 Å². The van der Waals surface area contributed by atoms with Crippen LogP contribution >= 0.6 is 0 Å². The van der Waals surface area contributed by atoms with Crippen molar-refractivity contribution in [2.24, 2.45) is 0 Å². The van der Waals surface area contributed by atoms with Crippen molar-refractivity contribution in [2.75, 3.05) is 23.4 Å². The number of carbonyl (C=O) groups excluding carboxylic acids is 1. The third-order valence-corrected chi connectivity index (χ3v) is 6.06. The number of anilines is 2. The van der Waals surface area contributed by atoms with Crippen molar-refractivity contribution in [2.45, 2.75) is 71.3 Å². The number of ether oxygens (including phenoxy) is 1. The van der Waals surface area contributed by atoms with Crippen molar-refractivity contribution in [3.05, 3.63) is 53.8 Å². The highest BCUT2D eigenvalue weighted by atomic mass is 19.1. The van der Waals surface area contributed by atoms with Gasteiger partial charge in [0.1, 0.15) is 11.6 Å². The van der Waals surface area contributed by atoms with Crippen LogP contribution in [0.4, 0.5) is 15.8 Å². The lowest BCUT2D eigenvalue weighted by Crippen LogP contribution is -2.42. The maximum atomic E-state index is 12.5. The van der Waals surface area contributed by atoms with Gasteiger partial charge in [-0.15, -0.1) is 0 Å². The zero-order valence-corrected chi connectivity index (χ0v) is 19.0. The van der Waals surface area contributed by atoms with Crippen molar-refractivity contribution in [3.8, 4) is 5.75 Å². The number of amides is 1. The maximum Gasteiger partial charge on any atom is 0.243 e. The number of nitrogens with one attached hydrogen (secondary N) is 1. The van der Waals surface area contributed by atoms with Crippen LogP contribution < -0.4 is 15.0 Å². The number of rotatable bonds is 8. The van der Waals surface area contributed by atoms with Gasteiger partial charge in [0, 0.05) is 12.0 Å². The summed E-state index contributed by atoms with van der Waals surface area (Å²) >= 11 is 0. The third kappa shape index (κ3) is 5.57. The second-order valence-electron chi connectivity index (χ2n) is 8.30. The number of benzene rings is 2. The number of nitrogens with zero attached hydrogens (tertiary/aromatic N) is 1. The van der Waals surface area contributed by atoms with Crippen LogP contribution in [0.5, 0.6) is 5.75 Å². The molecular weight excluding hydrogens is 391 g/mol. The van der Waals surface area contributed by atoms with Crippen LogP contribution in [-0.4, -0.2) is 25.1 Å². The first-order valence-corrected chi connectivity index (χ1v) is 11.7. The van der Waals surface area contributed by atoms with Gasteiger partial charge in [0.2, 0.25) is 5.91 Å². The fraction of sp³-hybridized carbons (Fsp3) is 0.500. The van der Waals surface area contributed by atoms with Crippen LogP contribution in [0, 0.1) is 5.82 Å². The number of para-hydroxylation sites is 1. The van der Waals surface area contributed by atoms with Crippen molar-refractivity contribution in [1.29, 1.82) is 0 Å². The summed E-state index contributed by atoms with van der Waals surface area (Å²) in [6, 6.07) is 12.9. The molecule has 1 N–H and O–H groups in total. The molecule has 2 unspecified atom stereocenters. The number of hydrogen-bond acceptors (Lipinski definition) is 3. The Morgan fingerprint density at radius 1 is 1.06 bits per heavy atom. The number of halogens is 1. The summed E-state index contributed by atoms with van der Waals surface area (Å²) in [5.41, 5.74) is 3.71. The van der Waals surface area contributed by atoms with Gasteiger partial charge in [-0.1, -0.05) is 52.2 Å². The first-order chi connectivity index (χ1) is 15.1. The van der Waals surface area contributed by atoms with Crippen molar-refractivity contribution in [1.82, 2.24) is 0 Å². The SMILES string of the molecule is CCCC1C(CC)c2cccc3c2N1CC(=O)N3.CCCCCOc1ccc(F)cc1. The largest absolute Gasteiger partial charge is 0.494 e. The molecule has 2 aromatic carbocycles. The number of hydrogen-bond donors (Lipinski definition) is 1. The Bertz CT molecular complexity index is 853. The fourth-order valence-corrected chi connectivity index (χ4v) is 4.63. The van der Waals surface area contributed by atoms with E-state index in [9.17, 15) is 9.18 Å². The molecule has 2 heterocycles. The van der Waals surface area contributed by atoms with Crippen LogP contribution in [0.1, 0.15) is 70.8 Å². The van der Waals surface area contributed by atoms with E-state index >= 15 is 0 Å². The van der Waals surface area contributed by atoms with E-state index in [2.05, 4.69) is 43.1 Å². The summed E-state index contributed by atoms with van der Waals surface area (Å²) in [6.45, 7) is 7.86. The lowest BCUT2D eigenvalue weighted by Gasteiger charge is -2.33. The zero-order valence-electron chi connectivity index (χ0n) is 19.0. The Balaban J connectivity index is 0.000000187. The molecule has 2 aliphatic heterocycles. The molecule has 0 spiro atoms. The second kappa shape index (κ2) is 11.2. The van der Waals surface area contributed by atoms with Crippen molar-refractivity contribution in [3.63, 3.8) is 0 Å². The van der Waals surface area contributed by atoms with E-state index in [1.807, 2.05) is 6.07 Å². The summed E-state index contributed by atoms with van der Waals surface area (Å²) in [5.74, 6) is 1.23. The zero-order chi connectivity index (χ0) is 22.2. The molecule has 0 saturated carbocycles. The minimum Gasteiger partial charge on any atom is -0.494 e. The number of unbranched alkanes of at least 4 members (excludes halogenated alkanes) is 2. The summed E-state index contributed by atoms with van der Waals surface area (Å²) < 4.78 is 17.9. The van der Waals surface area contributed by atoms with Gasteiger partial charge in [-0.25, -0.2) is 4.39 Å². The molecular formula is C26H35FN2O2. The smallest absolute Gasteiger partial charge is 0.243 e. The van der Waals surface area contributed by atoms with E-state index in [1.165, 1.54) is 49.1 Å². The molecule has 0 radical (unpaired) electrons. The van der Waals surface area contributed by atoms with Crippen LogP contribution in [0.3, 0.4) is 0 Å². The monoisotopic (exact) mass is 426 g/mol. The molecule has 0 bridgehead atoms. The van der Waals surface area contributed by atoms with E-state index < -0.39 is 0 Å². The van der Waals surface area contributed by atoms with Crippen LogP contribution in [0.25, 0.3) is 0 Å². The minimum atomic E-state index is -0.221. The average Bonchev–Trinajstić information content (AvgIpc) is 3.07. The average molecular weight is 427 g/mol. The van der Waals surface area contributed by atoms with E-state index in [1.54, 1.807) is 12.1 Å². The van der Waals surface area contributed by atoms with Gasteiger partial charge < -0.3 is 15.0 Å². The summed E-state index contributed by atoms with van der Waals surface area (Å²) in [6.07, 6.45) is 6.91. The molecule has 2 aliphatic rings. The summed E-state index contributed by atoms with van der Waals surface area (Å²) in [5, 5.41) is 3.00. The Labute approximate surface area is 185 Å². The summed E-state index contributed by atoms with van der Waals surface area (Å²) in [4.78, 5) is 14.1. The molecule has 0 aliphatic carbocycles. The molecule has 4 nitrogen and oxygen atoms in total. The van der Waals surface area contributed by atoms with Gasteiger partial charge in [0.25, 0.3) is 0 Å². The normalized spacial score (nSPS) is 18.7. The highest BCUT2D eigenvalue weighted by Gasteiger charge is 2.41. The fourth-order valence-electron chi connectivity index (χ4n) is 4.63. The third-order valence-electron chi connectivity index (χ3n) is 6.06. The molecule has 4 rings (SSSR count). The lowest BCUT2D eigenvalue weighted by molar-refractivity contribution is -0.115. The van der Waals surface area contributed by atoms with E-state index in [0.29, 0.717) is 18.5 Å². The first-order valence-electron chi connectivity index (χ1n) is 11.7. The summed E-state index contributed by atoms with van der Waals surface area (Å²) in [7, 11) is 0. The Morgan fingerprint density at radius 3 is 2.52 bits per heavy atom. The molecule has 5 heteroatoms. The van der Waals surface area contributed by atoms with Gasteiger partial charge in [0.15, 0.2) is 0 Å². The minimum absolute atomic E-state index is 0.123. The highest BCUT2D eigenvalue weighted by Crippen LogP contribution is 2.49. The van der Waals surface area contributed by atoms with E-state index in [4.69, 9.17) is 4.74 Å². The standard InChI is InChI=1S/C15H20N2O.C11H15FO/c1-3-6-13-10(4-2)11-7-5-8-12-15(11)17(13)9-14(18)16-12;1-2-3-4-9-13-11-7-5-10(12)6-8-11/h5,7-8,10,13H,3-4,6,9H2,1-2H3,(H,16,18);5-8H,2-4,9H2,1H3. The quantitative estimate of drug-likeness (QED) is 0.489. The molecule has 2 atom stereocenters. The topological polar surface area (TPSA) is 41.6 Å². The molecule has 0 saturated heterocycles. The predicted molar refractivity (Wildman–Crippen MR) is 126 cm³/mol. The van der Waals surface area contributed by atoms with Crippen molar-refractivity contribution < 1.29 is 13.9 Å². The maximum absolute atomic E-state index is 12.5. The van der Waals surface area contributed by atoms with Gasteiger partial charge in [-0.05, 0) is 55.2 Å². The Hall–Kier alpha value is -2.56. The second-order valence-corrected chi connectivity index (χ2v) is 8.30. The van der Waals surface area contributed by atoms with Gasteiger partial charge in [-0.2, -0.15) is 0 Å². The Morgan fingerprint density at radius 2 is 1.84 bits per heavy atom. The molecule has 1 amide bonds. The van der Waals surface area contributed by atoms with Gasteiger partial charge in [-0.3, -0.25) is 4.79 Å². The van der Waals surface area contributed by atoms with Crippen LogP contribution in [-0.2, 0) is 4.79 Å². The number of carbonyl (C=O) groups is 1. The molecule has 2 aromatic rings. The molecule has 0 fully saturated rings. The molecule has 168 valence electrons. The first kappa shape index (κ1) is 23.1. The van der Waals surface area contributed by atoms with Gasteiger partial charge in [0.05, 0.1) is 24.5 Å². The van der Waals surface area contributed by atoms with Crippen LogP contribution in [0.15, 0.2) is 42.5 Å². The van der Waals surface area contributed by atoms with E-state index in [0.717, 1.165) is 30.9 Å². The van der Waals surface area contributed by atoms with Gasteiger partial charge >= 0.3 is 0 Å². The Kier molecular flexibility index (Phi) is 8.33. The van der Waals surface area contributed by atoms with Crippen molar-refractivity contribution >= 4 is 17.3 Å². The van der Waals surface area contributed by atoms with E-state index in [-0.39, 0.29) is 11.7 Å². The lowest BCUT2D eigenvalue weighted by atomic mass is 9.90. The molecule has 0 aromatic heterocycles. The predicted octanol–water partition coefficient (Wildman–Crippen LogP) is 6.52.